The first-order chi connectivity index (χ1) is 13.9. The molecule has 3 rings (SSSR count). The van der Waals surface area contributed by atoms with Gasteiger partial charge in [0.15, 0.2) is 0 Å². The predicted octanol–water partition coefficient (Wildman–Crippen LogP) is 5.25. The van der Waals surface area contributed by atoms with Crippen LogP contribution in [-0.2, 0) is 11.8 Å². The Hall–Kier alpha value is -2.14. The Labute approximate surface area is 186 Å². The van der Waals surface area contributed by atoms with Crippen LogP contribution in [0.1, 0.15) is 37.1 Å². The van der Waals surface area contributed by atoms with Crippen LogP contribution in [0, 0.1) is 3.57 Å². The quantitative estimate of drug-likeness (QED) is 0.532. The van der Waals surface area contributed by atoms with Crippen molar-refractivity contribution in [1.82, 2.24) is 9.88 Å². The molecule has 0 aliphatic carbocycles. The van der Waals surface area contributed by atoms with Crippen molar-refractivity contribution in [2.24, 2.45) is 0 Å². The average molecular weight is 531 g/mol. The number of halogens is 4. The van der Waals surface area contributed by atoms with Crippen molar-refractivity contribution < 1.29 is 23.1 Å². The van der Waals surface area contributed by atoms with Gasteiger partial charge in [0.05, 0.1) is 16.9 Å². The minimum atomic E-state index is -4.41. The highest BCUT2D eigenvalue weighted by Crippen LogP contribution is 2.30. The van der Waals surface area contributed by atoms with E-state index in [9.17, 15) is 23.1 Å². The SMILES string of the molecule is CC(C)(O)c1cnc(C2=CCN(C(=O)Nc3ccc(C(F)(F)F)cc3)CC2)c(I)c1. The molecular weight excluding hydrogens is 510 g/mol. The van der Waals surface area contributed by atoms with Crippen molar-refractivity contribution in [2.45, 2.75) is 32.0 Å². The fraction of sp³-hybridized carbons (Fsp3) is 0.333. The van der Waals surface area contributed by atoms with Crippen LogP contribution in [0.15, 0.2) is 42.6 Å². The van der Waals surface area contributed by atoms with Crippen LogP contribution in [0.3, 0.4) is 0 Å². The fourth-order valence-corrected chi connectivity index (χ4v) is 3.84. The molecule has 1 aromatic carbocycles. The van der Waals surface area contributed by atoms with Gasteiger partial charge in [0.2, 0.25) is 0 Å². The van der Waals surface area contributed by atoms with Gasteiger partial charge in [-0.15, -0.1) is 0 Å². The molecule has 2 N–H and O–H groups in total. The average Bonchev–Trinajstić information content (AvgIpc) is 2.67. The third kappa shape index (κ3) is 5.31. The number of aromatic nitrogens is 1. The molecule has 0 radical (unpaired) electrons. The van der Waals surface area contributed by atoms with Gasteiger partial charge < -0.3 is 15.3 Å². The minimum Gasteiger partial charge on any atom is -0.386 e. The van der Waals surface area contributed by atoms with Crippen LogP contribution in [-0.4, -0.2) is 34.1 Å². The maximum Gasteiger partial charge on any atom is 0.416 e. The van der Waals surface area contributed by atoms with Crippen LogP contribution in [0.5, 0.6) is 0 Å². The number of benzene rings is 1. The maximum atomic E-state index is 12.6. The highest BCUT2D eigenvalue weighted by atomic mass is 127. The molecule has 9 heteroatoms. The highest BCUT2D eigenvalue weighted by Gasteiger charge is 2.30. The first-order valence-corrected chi connectivity index (χ1v) is 10.3. The van der Waals surface area contributed by atoms with Gasteiger partial charge in [0, 0.05) is 34.1 Å². The second-order valence-corrected chi connectivity index (χ2v) is 8.71. The molecule has 5 nitrogen and oxygen atoms in total. The molecule has 0 unspecified atom stereocenters. The van der Waals surface area contributed by atoms with Crippen LogP contribution in [0.4, 0.5) is 23.7 Å². The monoisotopic (exact) mass is 531 g/mol. The van der Waals surface area contributed by atoms with Gasteiger partial charge in [0.1, 0.15) is 0 Å². The standard InChI is InChI=1S/C21H21F3IN3O2/c1-20(2,30)15-11-17(25)18(26-12-15)13-7-9-28(10-8-13)19(29)27-16-5-3-14(4-6-16)21(22,23)24/h3-7,11-12,30H,8-10H2,1-2H3,(H,27,29). The molecule has 0 saturated heterocycles. The molecule has 30 heavy (non-hydrogen) atoms. The van der Waals surface area contributed by atoms with E-state index in [-0.39, 0.29) is 6.03 Å². The topological polar surface area (TPSA) is 65.5 Å². The number of aliphatic hydroxyl groups is 1. The zero-order chi connectivity index (χ0) is 22.1. The van der Waals surface area contributed by atoms with Gasteiger partial charge in [-0.3, -0.25) is 4.98 Å². The van der Waals surface area contributed by atoms with E-state index in [2.05, 4.69) is 32.9 Å². The number of hydrogen-bond donors (Lipinski definition) is 2. The summed E-state index contributed by atoms with van der Waals surface area (Å²) < 4.78 is 38.8. The smallest absolute Gasteiger partial charge is 0.386 e. The van der Waals surface area contributed by atoms with E-state index in [1.54, 1.807) is 24.9 Å². The molecule has 1 aliphatic rings. The summed E-state index contributed by atoms with van der Waals surface area (Å²) in [5.41, 5.74) is 1.14. The number of anilines is 1. The van der Waals surface area contributed by atoms with E-state index in [0.717, 1.165) is 32.5 Å². The lowest BCUT2D eigenvalue weighted by molar-refractivity contribution is -0.137. The molecule has 160 valence electrons. The number of nitrogens with one attached hydrogen (secondary N) is 1. The zero-order valence-electron chi connectivity index (χ0n) is 16.4. The van der Waals surface area contributed by atoms with Crippen LogP contribution < -0.4 is 5.32 Å². The molecular formula is C21H21F3IN3O2. The summed E-state index contributed by atoms with van der Waals surface area (Å²) in [5.74, 6) is 0. The number of alkyl halides is 3. The Kier molecular flexibility index (Phi) is 6.42. The van der Waals surface area contributed by atoms with Crippen molar-refractivity contribution in [1.29, 1.82) is 0 Å². The van der Waals surface area contributed by atoms with E-state index in [0.29, 0.717) is 25.2 Å². The van der Waals surface area contributed by atoms with Gasteiger partial charge in [-0.05, 0) is 78.8 Å². The van der Waals surface area contributed by atoms with Crippen molar-refractivity contribution >= 4 is 39.9 Å². The Morgan fingerprint density at radius 1 is 1.20 bits per heavy atom. The summed E-state index contributed by atoms with van der Waals surface area (Å²) in [6.45, 7) is 4.23. The van der Waals surface area contributed by atoms with Gasteiger partial charge in [-0.1, -0.05) is 6.08 Å². The second-order valence-electron chi connectivity index (χ2n) is 7.54. The van der Waals surface area contributed by atoms with Crippen LogP contribution in [0.25, 0.3) is 5.57 Å². The Morgan fingerprint density at radius 2 is 1.87 bits per heavy atom. The molecule has 0 bridgehead atoms. The van der Waals surface area contributed by atoms with E-state index in [1.165, 1.54) is 12.1 Å². The van der Waals surface area contributed by atoms with Crippen molar-refractivity contribution in [2.75, 3.05) is 18.4 Å². The summed E-state index contributed by atoms with van der Waals surface area (Å²) in [5, 5.41) is 12.7. The highest BCUT2D eigenvalue weighted by molar-refractivity contribution is 14.1. The van der Waals surface area contributed by atoms with Crippen LogP contribution >= 0.6 is 22.6 Å². The lowest BCUT2D eigenvalue weighted by Crippen LogP contribution is -2.38. The van der Waals surface area contributed by atoms with Gasteiger partial charge in [-0.2, -0.15) is 13.2 Å². The lowest BCUT2D eigenvalue weighted by Gasteiger charge is -2.27. The molecule has 0 fully saturated rings. The van der Waals surface area contributed by atoms with Gasteiger partial charge in [-0.25, -0.2) is 4.79 Å². The van der Waals surface area contributed by atoms with E-state index in [4.69, 9.17) is 0 Å². The van der Waals surface area contributed by atoms with E-state index >= 15 is 0 Å². The number of amides is 2. The molecule has 0 atom stereocenters. The lowest BCUT2D eigenvalue weighted by atomic mass is 9.98. The minimum absolute atomic E-state index is 0.307. The summed E-state index contributed by atoms with van der Waals surface area (Å²) in [7, 11) is 0. The van der Waals surface area contributed by atoms with Crippen molar-refractivity contribution in [3.05, 3.63) is 63.0 Å². The Morgan fingerprint density at radius 3 is 2.37 bits per heavy atom. The maximum absolute atomic E-state index is 12.6. The number of rotatable bonds is 3. The number of nitrogens with zero attached hydrogens (tertiary/aromatic N) is 2. The number of pyridine rings is 1. The summed E-state index contributed by atoms with van der Waals surface area (Å²) in [6, 6.07) is 5.88. The number of urea groups is 1. The third-order valence-electron chi connectivity index (χ3n) is 4.81. The molecule has 2 heterocycles. The number of hydrogen-bond acceptors (Lipinski definition) is 3. The third-order valence-corrected chi connectivity index (χ3v) is 5.63. The van der Waals surface area contributed by atoms with Gasteiger partial charge in [0.25, 0.3) is 0 Å². The summed E-state index contributed by atoms with van der Waals surface area (Å²) in [4.78, 5) is 18.5. The summed E-state index contributed by atoms with van der Waals surface area (Å²) in [6.07, 6.45) is -0.231. The molecule has 1 aliphatic heterocycles. The second kappa shape index (κ2) is 8.54. The summed E-state index contributed by atoms with van der Waals surface area (Å²) >= 11 is 2.18. The van der Waals surface area contributed by atoms with E-state index < -0.39 is 17.3 Å². The molecule has 2 aromatic rings. The molecule has 0 spiro atoms. The normalized spacial score (nSPS) is 15.0. The Bertz CT molecular complexity index is 967. The number of carbonyl (C=O) groups excluding carboxylic acids is 1. The van der Waals surface area contributed by atoms with Crippen molar-refractivity contribution in [3.8, 4) is 0 Å². The zero-order valence-corrected chi connectivity index (χ0v) is 18.6. The fourth-order valence-electron chi connectivity index (χ4n) is 3.02. The molecule has 1 aromatic heterocycles. The van der Waals surface area contributed by atoms with E-state index in [1.807, 2.05) is 12.1 Å². The van der Waals surface area contributed by atoms with Gasteiger partial charge >= 0.3 is 12.2 Å². The predicted molar refractivity (Wildman–Crippen MR) is 117 cm³/mol. The first-order valence-electron chi connectivity index (χ1n) is 9.26. The van der Waals surface area contributed by atoms with Crippen molar-refractivity contribution in [3.63, 3.8) is 0 Å². The first kappa shape index (κ1) is 22.5. The largest absolute Gasteiger partial charge is 0.416 e. The Balaban J connectivity index is 1.65. The number of carbonyl (C=O) groups is 1. The molecule has 0 saturated carbocycles. The van der Waals surface area contributed by atoms with Crippen LogP contribution in [0.2, 0.25) is 0 Å². The molecule has 2 amide bonds.